The summed E-state index contributed by atoms with van der Waals surface area (Å²) in [7, 11) is 0. The lowest BCUT2D eigenvalue weighted by atomic mass is 10.1. The molecule has 0 aliphatic carbocycles. The molecule has 0 unspecified atom stereocenters. The van der Waals surface area contributed by atoms with Crippen LogP contribution in [0.3, 0.4) is 0 Å². The van der Waals surface area contributed by atoms with Crippen LogP contribution in [0.15, 0.2) is 18.2 Å². The molecule has 2 rings (SSSR count). The number of alkyl halides is 3. The van der Waals surface area contributed by atoms with Crippen molar-refractivity contribution in [3.8, 4) is 0 Å². The Labute approximate surface area is 149 Å². The maximum atomic E-state index is 12.7. The maximum Gasteiger partial charge on any atom is 0.406 e. The predicted octanol–water partition coefficient (Wildman–Crippen LogP) is 3.17. The first-order valence-corrected chi connectivity index (χ1v) is 8.45. The van der Waals surface area contributed by atoms with E-state index in [1.54, 1.807) is 25.1 Å². The molecule has 1 aromatic carbocycles. The first-order valence-electron chi connectivity index (χ1n) is 8.45. The number of imide groups is 1. The van der Waals surface area contributed by atoms with E-state index in [2.05, 4.69) is 0 Å². The van der Waals surface area contributed by atoms with Gasteiger partial charge in [-0.1, -0.05) is 25.0 Å². The minimum absolute atomic E-state index is 0.00381. The van der Waals surface area contributed by atoms with Crippen LogP contribution in [0.25, 0.3) is 0 Å². The third-order valence-electron chi connectivity index (χ3n) is 4.18. The van der Waals surface area contributed by atoms with E-state index in [1.165, 1.54) is 0 Å². The lowest BCUT2D eigenvalue weighted by Gasteiger charge is -2.24. The Morgan fingerprint density at radius 3 is 2.42 bits per heavy atom. The highest BCUT2D eigenvalue weighted by atomic mass is 19.4. The molecule has 0 saturated carbocycles. The van der Waals surface area contributed by atoms with Gasteiger partial charge in [0.1, 0.15) is 6.54 Å². The number of unbranched alkanes of at least 4 members (excludes halogenated alkanes) is 1. The van der Waals surface area contributed by atoms with Gasteiger partial charge in [0, 0.05) is 19.5 Å². The Hall–Kier alpha value is -2.38. The van der Waals surface area contributed by atoms with Gasteiger partial charge in [0.25, 0.3) is 11.8 Å². The van der Waals surface area contributed by atoms with Crippen LogP contribution < -0.4 is 0 Å². The summed E-state index contributed by atoms with van der Waals surface area (Å²) in [5.74, 6) is -1.75. The highest BCUT2D eigenvalue weighted by Crippen LogP contribution is 2.24. The molecule has 0 saturated heterocycles. The Balaban J connectivity index is 2.03. The van der Waals surface area contributed by atoms with Crippen molar-refractivity contribution in [3.63, 3.8) is 0 Å². The molecule has 1 aromatic rings. The number of aryl methyl sites for hydroxylation is 1. The second-order valence-corrected chi connectivity index (χ2v) is 6.35. The van der Waals surface area contributed by atoms with E-state index in [0.717, 1.165) is 15.4 Å². The summed E-state index contributed by atoms with van der Waals surface area (Å²) in [6, 6.07) is 4.84. The summed E-state index contributed by atoms with van der Waals surface area (Å²) in [6.45, 7) is 2.04. The van der Waals surface area contributed by atoms with Crippen LogP contribution in [0.4, 0.5) is 13.2 Å². The Bertz CT molecular complexity index is 716. The molecule has 0 bridgehead atoms. The van der Waals surface area contributed by atoms with Gasteiger partial charge in [-0.3, -0.25) is 19.3 Å². The number of nitrogens with zero attached hydrogens (tertiary/aromatic N) is 2. The molecular weight excluding hydrogens is 349 g/mol. The monoisotopic (exact) mass is 370 g/mol. The molecule has 8 heteroatoms. The molecule has 0 fully saturated rings. The number of amides is 3. The van der Waals surface area contributed by atoms with Gasteiger partial charge >= 0.3 is 6.18 Å². The van der Waals surface area contributed by atoms with Crippen molar-refractivity contribution in [1.82, 2.24) is 9.80 Å². The van der Waals surface area contributed by atoms with Crippen LogP contribution in [0, 0.1) is 6.92 Å². The van der Waals surface area contributed by atoms with Crippen molar-refractivity contribution >= 4 is 17.7 Å². The van der Waals surface area contributed by atoms with E-state index < -0.39 is 30.4 Å². The molecule has 0 N–H and O–H groups in total. The van der Waals surface area contributed by atoms with Crippen molar-refractivity contribution in [1.29, 1.82) is 0 Å². The SMILES string of the molecule is CCCCN(CC(F)(F)F)C(=O)CCN1C(=O)c2ccc(C)cc2C1=O. The summed E-state index contributed by atoms with van der Waals surface area (Å²) >= 11 is 0. The number of carbonyl (C=O) groups is 3. The fourth-order valence-corrected chi connectivity index (χ4v) is 2.83. The van der Waals surface area contributed by atoms with Crippen LogP contribution in [-0.2, 0) is 4.79 Å². The zero-order valence-electron chi connectivity index (χ0n) is 14.7. The lowest BCUT2D eigenvalue weighted by molar-refractivity contribution is -0.161. The van der Waals surface area contributed by atoms with Gasteiger partial charge in [-0.25, -0.2) is 0 Å². The molecule has 142 valence electrons. The predicted molar refractivity (Wildman–Crippen MR) is 88.7 cm³/mol. The Morgan fingerprint density at radius 1 is 1.15 bits per heavy atom. The summed E-state index contributed by atoms with van der Waals surface area (Å²) < 4.78 is 38.0. The molecule has 26 heavy (non-hydrogen) atoms. The van der Waals surface area contributed by atoms with E-state index in [0.29, 0.717) is 12.8 Å². The van der Waals surface area contributed by atoms with Gasteiger partial charge in [-0.15, -0.1) is 0 Å². The van der Waals surface area contributed by atoms with Gasteiger partial charge in [-0.2, -0.15) is 13.2 Å². The molecular formula is C18H21F3N2O3. The third-order valence-corrected chi connectivity index (χ3v) is 4.18. The number of carbonyl (C=O) groups excluding carboxylic acids is 3. The zero-order valence-corrected chi connectivity index (χ0v) is 14.7. The average Bonchev–Trinajstić information content (AvgIpc) is 2.79. The quantitative estimate of drug-likeness (QED) is 0.693. The largest absolute Gasteiger partial charge is 0.406 e. The Morgan fingerprint density at radius 2 is 1.81 bits per heavy atom. The molecule has 0 aromatic heterocycles. The highest BCUT2D eigenvalue weighted by molar-refractivity contribution is 6.21. The van der Waals surface area contributed by atoms with Crippen molar-refractivity contribution in [3.05, 3.63) is 34.9 Å². The van der Waals surface area contributed by atoms with Crippen LogP contribution >= 0.6 is 0 Å². The van der Waals surface area contributed by atoms with E-state index in [9.17, 15) is 27.6 Å². The fourth-order valence-electron chi connectivity index (χ4n) is 2.83. The standard InChI is InChI=1S/C18H21F3N2O3/c1-3-4-8-22(11-18(19,20)21)15(24)7-9-23-16(25)13-6-5-12(2)10-14(13)17(23)26/h5-6,10H,3-4,7-9,11H2,1-2H3. The molecule has 1 aliphatic heterocycles. The number of hydrogen-bond acceptors (Lipinski definition) is 3. The van der Waals surface area contributed by atoms with Crippen LogP contribution in [0.1, 0.15) is 52.5 Å². The second kappa shape index (κ2) is 7.88. The first kappa shape index (κ1) is 19.9. The van der Waals surface area contributed by atoms with Gasteiger partial charge in [0.2, 0.25) is 5.91 Å². The maximum absolute atomic E-state index is 12.7. The fraction of sp³-hybridized carbons (Fsp3) is 0.500. The Kier molecular flexibility index (Phi) is 6.05. The van der Waals surface area contributed by atoms with Crippen molar-refractivity contribution < 1.29 is 27.6 Å². The summed E-state index contributed by atoms with van der Waals surface area (Å²) in [4.78, 5) is 38.5. The average molecular weight is 370 g/mol. The molecule has 3 amide bonds. The van der Waals surface area contributed by atoms with Crippen LogP contribution in [-0.4, -0.2) is 53.3 Å². The van der Waals surface area contributed by atoms with Gasteiger partial charge in [0.15, 0.2) is 0 Å². The molecule has 0 radical (unpaired) electrons. The molecule has 0 spiro atoms. The van der Waals surface area contributed by atoms with E-state index >= 15 is 0 Å². The smallest absolute Gasteiger partial charge is 0.334 e. The van der Waals surface area contributed by atoms with Gasteiger partial charge in [0.05, 0.1) is 11.1 Å². The summed E-state index contributed by atoms with van der Waals surface area (Å²) in [5.41, 5.74) is 1.34. The number of rotatable bonds is 7. The normalized spacial score (nSPS) is 14.0. The van der Waals surface area contributed by atoms with Crippen molar-refractivity contribution in [2.24, 2.45) is 0 Å². The topological polar surface area (TPSA) is 57.7 Å². The second-order valence-electron chi connectivity index (χ2n) is 6.35. The number of benzene rings is 1. The molecule has 0 atom stereocenters. The summed E-state index contributed by atoms with van der Waals surface area (Å²) in [6.07, 6.45) is -3.71. The molecule has 1 aliphatic rings. The highest BCUT2D eigenvalue weighted by Gasteiger charge is 2.37. The van der Waals surface area contributed by atoms with Gasteiger partial charge < -0.3 is 4.90 Å². The van der Waals surface area contributed by atoms with Crippen LogP contribution in [0.2, 0.25) is 0 Å². The number of fused-ring (bicyclic) bond motifs is 1. The first-order chi connectivity index (χ1) is 12.1. The van der Waals surface area contributed by atoms with Crippen molar-refractivity contribution in [2.75, 3.05) is 19.6 Å². The minimum Gasteiger partial charge on any atom is -0.334 e. The zero-order chi connectivity index (χ0) is 19.5. The van der Waals surface area contributed by atoms with E-state index in [-0.39, 0.29) is 30.6 Å². The van der Waals surface area contributed by atoms with Crippen LogP contribution in [0.5, 0.6) is 0 Å². The molecule has 5 nitrogen and oxygen atoms in total. The third kappa shape index (κ3) is 4.62. The van der Waals surface area contributed by atoms with E-state index in [4.69, 9.17) is 0 Å². The minimum atomic E-state index is -4.49. The summed E-state index contributed by atoms with van der Waals surface area (Å²) in [5, 5.41) is 0. The molecule has 1 heterocycles. The van der Waals surface area contributed by atoms with E-state index in [1.807, 2.05) is 6.92 Å². The van der Waals surface area contributed by atoms with Gasteiger partial charge in [-0.05, 0) is 25.5 Å². The van der Waals surface area contributed by atoms with Crippen molar-refractivity contribution in [2.45, 2.75) is 39.3 Å². The lowest BCUT2D eigenvalue weighted by Crippen LogP contribution is -2.41. The number of hydrogen-bond donors (Lipinski definition) is 0. The number of halogens is 3.